The average molecular weight is 592 g/mol. The number of aliphatic hydroxyl groups is 5. The molecule has 3 heterocycles. The molecule has 0 amide bonds. The van der Waals surface area contributed by atoms with Gasteiger partial charge < -0.3 is 77.6 Å². The fourth-order valence-corrected chi connectivity index (χ4v) is 5.91. The van der Waals surface area contributed by atoms with Gasteiger partial charge in [-0.25, -0.2) is 0 Å². The predicted molar refractivity (Wildman–Crippen MR) is 147 cm³/mol. The van der Waals surface area contributed by atoms with Gasteiger partial charge in [0.15, 0.2) is 12.6 Å². The van der Waals surface area contributed by atoms with Crippen LogP contribution in [-0.4, -0.2) is 156 Å². The highest BCUT2D eigenvalue weighted by molar-refractivity contribution is 5.90. The molecule has 4 fully saturated rings. The first-order chi connectivity index (χ1) is 19.4. The maximum atomic E-state index is 11.6. The molecule has 3 saturated heterocycles. The van der Waals surface area contributed by atoms with Gasteiger partial charge in [-0.15, -0.1) is 0 Å². The van der Waals surface area contributed by atoms with Gasteiger partial charge in [0, 0.05) is 32.2 Å². The van der Waals surface area contributed by atoms with Gasteiger partial charge in [-0.05, 0) is 33.2 Å². The van der Waals surface area contributed by atoms with Gasteiger partial charge in [0.05, 0.1) is 37.4 Å². The first-order valence-corrected chi connectivity index (χ1v) is 14.3. The van der Waals surface area contributed by atoms with E-state index >= 15 is 0 Å². The van der Waals surface area contributed by atoms with Crippen LogP contribution < -0.4 is 33.2 Å². The van der Waals surface area contributed by atoms with E-state index in [1.54, 1.807) is 7.05 Å². The van der Waals surface area contributed by atoms with E-state index in [1.807, 2.05) is 0 Å². The summed E-state index contributed by atoms with van der Waals surface area (Å²) in [5.41, 5.74) is 16.3. The summed E-state index contributed by atoms with van der Waals surface area (Å²) in [6.07, 6.45) is -5.57. The summed E-state index contributed by atoms with van der Waals surface area (Å²) < 4.78 is 24.1. The lowest BCUT2D eigenvalue weighted by atomic mass is 9.83. The van der Waals surface area contributed by atoms with E-state index in [0.717, 1.165) is 0 Å². The van der Waals surface area contributed by atoms with E-state index in [1.165, 1.54) is 6.92 Å². The van der Waals surface area contributed by atoms with Gasteiger partial charge >= 0.3 is 0 Å². The molecule has 0 spiro atoms. The Labute approximate surface area is 239 Å². The zero-order valence-corrected chi connectivity index (χ0v) is 23.8. The van der Waals surface area contributed by atoms with Crippen molar-refractivity contribution in [2.24, 2.45) is 22.2 Å². The normalized spacial score (nSPS) is 45.3. The first kappa shape index (κ1) is 32.8. The maximum Gasteiger partial charge on any atom is 0.185 e. The van der Waals surface area contributed by atoms with Crippen molar-refractivity contribution in [3.05, 3.63) is 0 Å². The van der Waals surface area contributed by atoms with Crippen LogP contribution in [0.25, 0.3) is 0 Å². The van der Waals surface area contributed by atoms with Crippen LogP contribution in [0.2, 0.25) is 0 Å². The topological polar surface area (TPSA) is 265 Å². The third-order valence-electron chi connectivity index (χ3n) is 8.49. The highest BCUT2D eigenvalue weighted by atomic mass is 16.7. The quantitative estimate of drug-likeness (QED) is 0.0607. The lowest BCUT2D eigenvalue weighted by molar-refractivity contribution is -0.306. The summed E-state index contributed by atoms with van der Waals surface area (Å²) in [7, 11) is 1.60. The molecule has 14 N–H and O–H groups in total. The van der Waals surface area contributed by atoms with Crippen molar-refractivity contribution < 1.29 is 44.5 Å². The number of nitrogens with one attached hydrogen (secondary N) is 3. The fourth-order valence-electron chi connectivity index (χ4n) is 5.91. The Hall–Kier alpha value is -1.09. The van der Waals surface area contributed by atoms with Crippen molar-refractivity contribution >= 4 is 5.84 Å². The maximum absolute atomic E-state index is 11.6. The molecule has 41 heavy (non-hydrogen) atoms. The fraction of sp³-hybridized carbons (Fsp3) is 0.960. The molecular weight excluding hydrogens is 542 g/mol. The van der Waals surface area contributed by atoms with E-state index in [9.17, 15) is 20.4 Å². The number of amidine groups is 1. The highest BCUT2D eigenvalue weighted by Crippen LogP contribution is 2.33. The molecule has 4 rings (SSSR count). The van der Waals surface area contributed by atoms with Crippen LogP contribution in [0.3, 0.4) is 0 Å². The van der Waals surface area contributed by atoms with Crippen LogP contribution >= 0.6 is 0 Å². The summed E-state index contributed by atoms with van der Waals surface area (Å²) in [6.45, 7) is 2.79. The predicted octanol–water partition coefficient (Wildman–Crippen LogP) is -5.62. The van der Waals surface area contributed by atoms with E-state index in [4.69, 9.17) is 41.3 Å². The van der Waals surface area contributed by atoms with Gasteiger partial charge in [-0.2, -0.15) is 0 Å². The van der Waals surface area contributed by atoms with Crippen molar-refractivity contribution in [2.75, 3.05) is 46.4 Å². The summed E-state index contributed by atoms with van der Waals surface area (Å²) >= 11 is 0. The van der Waals surface area contributed by atoms with Crippen LogP contribution in [0, 0.1) is 0 Å². The highest BCUT2D eigenvalue weighted by Gasteiger charge is 2.52. The number of aliphatic hydroxyl groups excluding tert-OH is 3. The number of rotatable bonds is 11. The van der Waals surface area contributed by atoms with E-state index in [0.29, 0.717) is 25.9 Å². The van der Waals surface area contributed by atoms with E-state index < -0.39 is 72.4 Å². The van der Waals surface area contributed by atoms with Crippen LogP contribution in [0.4, 0.5) is 0 Å². The van der Waals surface area contributed by atoms with Crippen LogP contribution in [0.1, 0.15) is 26.2 Å². The van der Waals surface area contributed by atoms with Gasteiger partial charge in [0.2, 0.25) is 0 Å². The molecule has 238 valence electrons. The number of aliphatic imine (C=N–C) groups is 1. The molecule has 0 aromatic heterocycles. The smallest absolute Gasteiger partial charge is 0.185 e. The molecule has 0 aromatic rings. The zero-order valence-electron chi connectivity index (χ0n) is 23.8. The molecule has 16 nitrogen and oxygen atoms in total. The molecule has 16 heteroatoms. The Morgan fingerprint density at radius 3 is 2.41 bits per heavy atom. The number of β-amino-alcohol motifs (C(OH)–C–C–N with tert-alkyl or cyclic N) is 1. The molecule has 0 aromatic carbocycles. The molecule has 0 radical (unpaired) electrons. The minimum absolute atomic E-state index is 0.00472. The van der Waals surface area contributed by atoms with Gasteiger partial charge in [0.1, 0.15) is 41.5 Å². The third-order valence-corrected chi connectivity index (χ3v) is 8.49. The molecular formula is C25H49N7O9. The summed E-state index contributed by atoms with van der Waals surface area (Å²) in [5.74, 6) is -0.0226. The van der Waals surface area contributed by atoms with Gasteiger partial charge in [-0.1, -0.05) is 0 Å². The average Bonchev–Trinajstić information content (AvgIpc) is 2.90. The van der Waals surface area contributed by atoms with Crippen LogP contribution in [-0.2, 0) is 18.9 Å². The molecule has 3 aliphatic heterocycles. The Kier molecular flexibility index (Phi) is 11.0. The lowest BCUT2D eigenvalue weighted by Gasteiger charge is -2.48. The SMILES string of the molecule is CN[C@@H]1C(O)[C@@H](OC2C(O)C(O[C@H]3O[C@H](CNCCO)CCC3N)[C@@H](N)C[C@H]2N=C(N)C2(O)CNC2)OCC1(C)O. The number of nitrogens with zero attached hydrogens (tertiary/aromatic N) is 1. The van der Waals surface area contributed by atoms with Crippen molar-refractivity contribution in [2.45, 2.75) is 105 Å². The number of hydrogen-bond acceptors (Lipinski definition) is 15. The molecule has 1 aliphatic carbocycles. The van der Waals surface area contributed by atoms with E-state index in [2.05, 4.69) is 20.9 Å². The monoisotopic (exact) mass is 591 g/mol. The Balaban J connectivity index is 1.53. The van der Waals surface area contributed by atoms with Crippen LogP contribution in [0.15, 0.2) is 4.99 Å². The second-order valence-electron chi connectivity index (χ2n) is 11.9. The second kappa shape index (κ2) is 13.7. The number of likely N-dealkylation sites (N-methyl/N-ethyl adjacent to an activating group) is 1. The molecule has 12 atom stereocenters. The summed E-state index contributed by atoms with van der Waals surface area (Å²) in [6, 6.07) is -2.79. The number of ether oxygens (including phenoxy) is 4. The molecule has 0 bridgehead atoms. The van der Waals surface area contributed by atoms with Crippen molar-refractivity contribution in [3.63, 3.8) is 0 Å². The molecule has 1 saturated carbocycles. The standard InChI is InChI=1S/C25H49N7O9/c1-24(36)11-38-22(17(35)20(24)29-2)41-19-15(32-23(28)25(37)9-31-10-25)7-14(27)18(16(19)34)40-21-13(26)4-3-12(39-21)8-30-5-6-33/h12-22,29-31,33-37H,3-11,26-27H2,1-2H3,(H2,28,32)/t12-,13?,14-,15+,16?,17?,18?,19?,20+,21+,22+,24?/m0/s1. The number of hydrogen-bond donors (Lipinski definition) is 11. The Bertz CT molecular complexity index is 882. The van der Waals surface area contributed by atoms with Gasteiger partial charge in [-0.3, -0.25) is 4.99 Å². The second-order valence-corrected chi connectivity index (χ2v) is 11.9. The molecule has 4 aliphatic rings. The molecule has 6 unspecified atom stereocenters. The Morgan fingerprint density at radius 2 is 1.78 bits per heavy atom. The van der Waals surface area contributed by atoms with Crippen molar-refractivity contribution in [3.8, 4) is 0 Å². The Morgan fingerprint density at radius 1 is 1.07 bits per heavy atom. The third kappa shape index (κ3) is 7.35. The lowest BCUT2D eigenvalue weighted by Crippen LogP contribution is -2.69. The van der Waals surface area contributed by atoms with Crippen molar-refractivity contribution in [1.29, 1.82) is 0 Å². The van der Waals surface area contributed by atoms with Gasteiger partial charge in [0.25, 0.3) is 0 Å². The first-order valence-electron chi connectivity index (χ1n) is 14.3. The minimum atomic E-state index is -1.37. The minimum Gasteiger partial charge on any atom is -0.395 e. The van der Waals surface area contributed by atoms with Crippen molar-refractivity contribution in [1.82, 2.24) is 16.0 Å². The van der Waals surface area contributed by atoms with E-state index in [-0.39, 0.29) is 44.7 Å². The van der Waals surface area contributed by atoms with Crippen LogP contribution in [0.5, 0.6) is 0 Å². The number of nitrogens with two attached hydrogens (primary N) is 3. The summed E-state index contributed by atoms with van der Waals surface area (Å²) in [4.78, 5) is 4.52. The zero-order chi connectivity index (χ0) is 29.9. The largest absolute Gasteiger partial charge is 0.395 e. The summed E-state index contributed by atoms with van der Waals surface area (Å²) in [5, 5.41) is 61.9.